The van der Waals surface area contributed by atoms with Crippen molar-refractivity contribution in [3.63, 3.8) is 0 Å². The summed E-state index contributed by atoms with van der Waals surface area (Å²) in [6.45, 7) is 2.64. The van der Waals surface area contributed by atoms with E-state index < -0.39 is 12.0 Å². The second-order valence-electron chi connectivity index (χ2n) is 6.30. The van der Waals surface area contributed by atoms with E-state index in [-0.39, 0.29) is 11.3 Å². The highest BCUT2D eigenvalue weighted by Gasteiger charge is 2.35. The van der Waals surface area contributed by atoms with E-state index in [2.05, 4.69) is 36.1 Å². The van der Waals surface area contributed by atoms with Gasteiger partial charge >= 0.3 is 6.18 Å². The Bertz CT molecular complexity index is 1010. The Morgan fingerprint density at radius 1 is 1.04 bits per heavy atom. The standard InChI is InChI=1S/C19H16BrF3N4O/c20-12-5-6-14-13(11-12)17(26-18(25-14)19(21,22)23)24-15-3-1-2-4-16(15)27-7-9-28-10-8-27/h1-6,11H,7-10H2,(H,24,25,26). The first-order valence-electron chi connectivity index (χ1n) is 8.65. The number of halogens is 4. The average molecular weight is 453 g/mol. The molecule has 0 aliphatic carbocycles. The van der Waals surface area contributed by atoms with Crippen LogP contribution in [0.3, 0.4) is 0 Å². The second kappa shape index (κ2) is 7.56. The molecule has 5 nitrogen and oxygen atoms in total. The number of alkyl halides is 3. The zero-order chi connectivity index (χ0) is 19.7. The number of nitrogens with one attached hydrogen (secondary N) is 1. The van der Waals surface area contributed by atoms with Crippen molar-refractivity contribution in [3.05, 3.63) is 52.8 Å². The lowest BCUT2D eigenvalue weighted by Gasteiger charge is -2.30. The average Bonchev–Trinajstić information content (AvgIpc) is 2.68. The van der Waals surface area contributed by atoms with Crippen LogP contribution in [0, 0.1) is 0 Å². The van der Waals surface area contributed by atoms with Gasteiger partial charge in [-0.25, -0.2) is 9.97 Å². The van der Waals surface area contributed by atoms with Gasteiger partial charge in [0, 0.05) is 22.9 Å². The molecule has 0 atom stereocenters. The van der Waals surface area contributed by atoms with E-state index in [9.17, 15) is 13.2 Å². The lowest BCUT2D eigenvalue weighted by Crippen LogP contribution is -2.36. The number of anilines is 3. The molecule has 0 radical (unpaired) electrons. The Morgan fingerprint density at radius 3 is 2.54 bits per heavy atom. The molecule has 146 valence electrons. The predicted molar refractivity (Wildman–Crippen MR) is 105 cm³/mol. The highest BCUT2D eigenvalue weighted by Crippen LogP contribution is 2.35. The molecule has 0 bridgehead atoms. The summed E-state index contributed by atoms with van der Waals surface area (Å²) < 4.78 is 46.0. The van der Waals surface area contributed by atoms with E-state index in [4.69, 9.17) is 4.74 Å². The molecule has 0 unspecified atom stereocenters. The van der Waals surface area contributed by atoms with Crippen molar-refractivity contribution >= 4 is 44.0 Å². The van der Waals surface area contributed by atoms with E-state index in [1.54, 1.807) is 12.1 Å². The lowest BCUT2D eigenvalue weighted by atomic mass is 10.2. The van der Waals surface area contributed by atoms with Crippen molar-refractivity contribution < 1.29 is 17.9 Å². The highest BCUT2D eigenvalue weighted by molar-refractivity contribution is 9.10. The van der Waals surface area contributed by atoms with Gasteiger partial charge in [-0.15, -0.1) is 0 Å². The van der Waals surface area contributed by atoms with Crippen molar-refractivity contribution in [3.8, 4) is 0 Å². The fourth-order valence-electron chi connectivity index (χ4n) is 3.11. The highest BCUT2D eigenvalue weighted by atomic mass is 79.9. The van der Waals surface area contributed by atoms with Gasteiger partial charge in [0.25, 0.3) is 0 Å². The van der Waals surface area contributed by atoms with Crippen LogP contribution < -0.4 is 10.2 Å². The molecule has 1 aromatic heterocycles. The minimum atomic E-state index is -4.64. The molecule has 3 aromatic rings. The normalized spacial score (nSPS) is 15.1. The molecule has 2 aromatic carbocycles. The number of benzene rings is 2. The molecule has 1 saturated heterocycles. The zero-order valence-corrected chi connectivity index (χ0v) is 16.2. The van der Waals surface area contributed by atoms with Gasteiger partial charge < -0.3 is 15.0 Å². The number of morpholine rings is 1. The fourth-order valence-corrected chi connectivity index (χ4v) is 3.47. The van der Waals surface area contributed by atoms with Crippen LogP contribution in [0.15, 0.2) is 46.9 Å². The molecule has 1 aliphatic heterocycles. The maximum absolute atomic E-state index is 13.3. The molecule has 1 fully saturated rings. The molecular formula is C19H16BrF3N4O. The first-order valence-corrected chi connectivity index (χ1v) is 9.44. The number of para-hydroxylation sites is 2. The van der Waals surface area contributed by atoms with Crippen LogP contribution in [0.25, 0.3) is 10.9 Å². The molecule has 0 saturated carbocycles. The Morgan fingerprint density at radius 2 is 1.79 bits per heavy atom. The van der Waals surface area contributed by atoms with E-state index in [0.717, 1.165) is 10.2 Å². The SMILES string of the molecule is FC(F)(F)c1nc(Nc2ccccc2N2CCOCC2)c2cc(Br)ccc2n1. The molecule has 28 heavy (non-hydrogen) atoms. The van der Waals surface area contributed by atoms with Crippen LogP contribution in [0.2, 0.25) is 0 Å². The van der Waals surface area contributed by atoms with Crippen LogP contribution in [-0.2, 0) is 10.9 Å². The largest absolute Gasteiger partial charge is 0.451 e. The van der Waals surface area contributed by atoms with Gasteiger partial charge in [-0.1, -0.05) is 28.1 Å². The molecular weight excluding hydrogens is 437 g/mol. The predicted octanol–water partition coefficient (Wildman–Crippen LogP) is 4.99. The number of aromatic nitrogens is 2. The third kappa shape index (κ3) is 3.90. The minimum Gasteiger partial charge on any atom is -0.378 e. The number of fused-ring (bicyclic) bond motifs is 1. The third-order valence-electron chi connectivity index (χ3n) is 4.42. The summed E-state index contributed by atoms with van der Waals surface area (Å²) >= 11 is 3.36. The van der Waals surface area contributed by atoms with Crippen LogP contribution in [0.4, 0.5) is 30.4 Å². The van der Waals surface area contributed by atoms with E-state index >= 15 is 0 Å². The first kappa shape index (κ1) is 18.9. The van der Waals surface area contributed by atoms with Gasteiger partial charge in [-0.05, 0) is 30.3 Å². The Hall–Kier alpha value is -2.39. The monoisotopic (exact) mass is 452 g/mol. The molecule has 2 heterocycles. The summed E-state index contributed by atoms with van der Waals surface area (Å²) in [5.74, 6) is -1.06. The van der Waals surface area contributed by atoms with Crippen LogP contribution in [0.5, 0.6) is 0 Å². The van der Waals surface area contributed by atoms with E-state index in [1.165, 1.54) is 6.07 Å². The maximum atomic E-state index is 13.3. The second-order valence-corrected chi connectivity index (χ2v) is 7.21. The first-order chi connectivity index (χ1) is 13.4. The number of rotatable bonds is 3. The summed E-state index contributed by atoms with van der Waals surface area (Å²) in [4.78, 5) is 9.60. The molecule has 1 aliphatic rings. The number of hydrogen-bond donors (Lipinski definition) is 1. The fraction of sp³-hybridized carbons (Fsp3) is 0.263. The number of hydrogen-bond acceptors (Lipinski definition) is 5. The smallest absolute Gasteiger partial charge is 0.378 e. The zero-order valence-electron chi connectivity index (χ0n) is 14.6. The lowest BCUT2D eigenvalue weighted by molar-refractivity contribution is -0.144. The molecule has 0 spiro atoms. The van der Waals surface area contributed by atoms with Crippen molar-refractivity contribution in [2.45, 2.75) is 6.18 Å². The molecule has 9 heteroatoms. The van der Waals surface area contributed by atoms with Gasteiger partial charge in [0.15, 0.2) is 0 Å². The summed E-state index contributed by atoms with van der Waals surface area (Å²) in [7, 11) is 0. The Kier molecular flexibility index (Phi) is 5.11. The quantitative estimate of drug-likeness (QED) is 0.606. The van der Waals surface area contributed by atoms with Gasteiger partial charge in [-0.2, -0.15) is 13.2 Å². The van der Waals surface area contributed by atoms with Crippen molar-refractivity contribution in [1.82, 2.24) is 9.97 Å². The van der Waals surface area contributed by atoms with Gasteiger partial charge in [0.05, 0.1) is 30.1 Å². The third-order valence-corrected chi connectivity index (χ3v) is 4.91. The topological polar surface area (TPSA) is 50.3 Å². The maximum Gasteiger partial charge on any atom is 0.451 e. The van der Waals surface area contributed by atoms with Crippen LogP contribution in [0.1, 0.15) is 5.82 Å². The molecule has 1 N–H and O–H groups in total. The Balaban J connectivity index is 1.80. The van der Waals surface area contributed by atoms with Crippen molar-refractivity contribution in [1.29, 1.82) is 0 Å². The van der Waals surface area contributed by atoms with E-state index in [1.807, 2.05) is 24.3 Å². The number of ether oxygens (including phenoxy) is 1. The van der Waals surface area contributed by atoms with Gasteiger partial charge in [0.2, 0.25) is 5.82 Å². The van der Waals surface area contributed by atoms with E-state index in [0.29, 0.717) is 37.4 Å². The van der Waals surface area contributed by atoms with Crippen molar-refractivity contribution in [2.24, 2.45) is 0 Å². The molecule has 4 rings (SSSR count). The Labute approximate surface area is 167 Å². The van der Waals surface area contributed by atoms with Crippen molar-refractivity contribution in [2.75, 3.05) is 36.5 Å². The molecule has 0 amide bonds. The van der Waals surface area contributed by atoms with Gasteiger partial charge in [-0.3, -0.25) is 0 Å². The number of nitrogens with zero attached hydrogens (tertiary/aromatic N) is 3. The summed E-state index contributed by atoms with van der Waals surface area (Å²) in [5.41, 5.74) is 1.79. The summed E-state index contributed by atoms with van der Waals surface area (Å²) in [6.07, 6.45) is -4.64. The van der Waals surface area contributed by atoms with Gasteiger partial charge in [0.1, 0.15) is 5.82 Å². The minimum absolute atomic E-state index is 0.110. The summed E-state index contributed by atoms with van der Waals surface area (Å²) in [6, 6.07) is 12.4. The van der Waals surface area contributed by atoms with Crippen LogP contribution >= 0.6 is 15.9 Å². The van der Waals surface area contributed by atoms with Crippen LogP contribution in [-0.4, -0.2) is 36.3 Å². The summed E-state index contributed by atoms with van der Waals surface area (Å²) in [5, 5.41) is 3.60.